The Morgan fingerprint density at radius 2 is 1.64 bits per heavy atom. The molecule has 0 unspecified atom stereocenters. The fourth-order valence-electron chi connectivity index (χ4n) is 1.99. The number of fused-ring (bicyclic) bond motifs is 3. The molecule has 1 aliphatic carbocycles. The summed E-state index contributed by atoms with van der Waals surface area (Å²) in [5, 5.41) is 2.84. The highest BCUT2D eigenvalue weighted by Crippen LogP contribution is 2.30. The SMILES string of the molecule is CC.c1ccc2c3c(ccc2c1)CC3. The zero-order valence-electron chi connectivity index (χ0n) is 8.88. The molecule has 0 aromatic heterocycles. The smallest absolute Gasteiger partial charge is 0.0149 e. The monoisotopic (exact) mass is 184 g/mol. The second-order valence-electron chi connectivity index (χ2n) is 3.42. The van der Waals surface area contributed by atoms with E-state index in [0.717, 1.165) is 0 Å². The number of rotatable bonds is 0. The second-order valence-corrected chi connectivity index (χ2v) is 3.42. The molecule has 0 spiro atoms. The molecule has 3 rings (SSSR count). The Labute approximate surface area is 85.6 Å². The highest BCUT2D eigenvalue weighted by Gasteiger charge is 2.14. The topological polar surface area (TPSA) is 0 Å². The summed E-state index contributed by atoms with van der Waals surface area (Å²) < 4.78 is 0. The van der Waals surface area contributed by atoms with Crippen molar-refractivity contribution in [3.8, 4) is 0 Å². The van der Waals surface area contributed by atoms with Crippen molar-refractivity contribution in [2.75, 3.05) is 0 Å². The molecule has 0 atom stereocenters. The summed E-state index contributed by atoms with van der Waals surface area (Å²) in [6, 6.07) is 13.1. The van der Waals surface area contributed by atoms with Crippen LogP contribution in [0.2, 0.25) is 0 Å². The van der Waals surface area contributed by atoms with E-state index in [-0.39, 0.29) is 0 Å². The maximum atomic E-state index is 2.27. The Bertz CT molecular complexity index is 441. The lowest BCUT2D eigenvalue weighted by Gasteiger charge is -2.20. The zero-order valence-corrected chi connectivity index (χ0v) is 8.88. The van der Waals surface area contributed by atoms with Gasteiger partial charge in [-0.15, -0.1) is 0 Å². The van der Waals surface area contributed by atoms with Crippen molar-refractivity contribution in [3.05, 3.63) is 47.5 Å². The molecule has 2 aromatic rings. The number of benzene rings is 2. The van der Waals surface area contributed by atoms with Crippen LogP contribution in [0.25, 0.3) is 10.8 Å². The lowest BCUT2D eigenvalue weighted by atomic mass is 9.84. The van der Waals surface area contributed by atoms with Crippen LogP contribution in [0.5, 0.6) is 0 Å². The standard InChI is InChI=1S/C12H10.C2H6/c1-2-4-11-9(3-1)5-6-10-7-8-12(10)11;1-2/h1-6H,7-8H2;1-2H3. The predicted octanol–water partition coefficient (Wildman–Crippen LogP) is 3.96. The fourth-order valence-corrected chi connectivity index (χ4v) is 1.99. The Balaban J connectivity index is 0.000000354. The molecule has 1 aliphatic rings. The molecule has 0 fully saturated rings. The fraction of sp³-hybridized carbons (Fsp3) is 0.286. The molecule has 0 saturated carbocycles. The van der Waals surface area contributed by atoms with Gasteiger partial charge in [0, 0.05) is 0 Å². The summed E-state index contributed by atoms with van der Waals surface area (Å²) in [4.78, 5) is 0. The van der Waals surface area contributed by atoms with Gasteiger partial charge in [-0.25, -0.2) is 0 Å². The van der Waals surface area contributed by atoms with E-state index >= 15 is 0 Å². The van der Waals surface area contributed by atoms with Gasteiger partial charge < -0.3 is 0 Å². The third kappa shape index (κ3) is 1.31. The summed E-state index contributed by atoms with van der Waals surface area (Å²) in [6.45, 7) is 4.00. The van der Waals surface area contributed by atoms with Gasteiger partial charge in [0.2, 0.25) is 0 Å². The lowest BCUT2D eigenvalue weighted by molar-refractivity contribution is 0.852. The van der Waals surface area contributed by atoms with Crippen LogP contribution < -0.4 is 0 Å². The minimum Gasteiger partial charge on any atom is -0.0683 e. The van der Waals surface area contributed by atoms with Gasteiger partial charge in [0.15, 0.2) is 0 Å². The Kier molecular flexibility index (Phi) is 2.53. The molecule has 14 heavy (non-hydrogen) atoms. The molecule has 0 N–H and O–H groups in total. The number of aryl methyl sites for hydroxylation is 2. The van der Waals surface area contributed by atoms with Gasteiger partial charge in [-0.1, -0.05) is 50.2 Å². The summed E-state index contributed by atoms with van der Waals surface area (Å²) in [5.41, 5.74) is 3.13. The number of hydrogen-bond acceptors (Lipinski definition) is 0. The molecule has 0 saturated heterocycles. The molecule has 0 heteroatoms. The summed E-state index contributed by atoms with van der Waals surface area (Å²) in [6.07, 6.45) is 2.55. The molecule has 0 aliphatic heterocycles. The zero-order chi connectivity index (χ0) is 9.97. The van der Waals surface area contributed by atoms with E-state index in [2.05, 4.69) is 36.4 Å². The van der Waals surface area contributed by atoms with Crippen molar-refractivity contribution in [3.63, 3.8) is 0 Å². The first-order chi connectivity index (χ1) is 6.95. The van der Waals surface area contributed by atoms with Crippen LogP contribution in [0.15, 0.2) is 36.4 Å². The van der Waals surface area contributed by atoms with Gasteiger partial charge in [-0.2, -0.15) is 0 Å². The van der Waals surface area contributed by atoms with E-state index in [1.165, 1.54) is 23.6 Å². The molecule has 0 amide bonds. The molecule has 2 aromatic carbocycles. The van der Waals surface area contributed by atoms with E-state index in [1.807, 2.05) is 13.8 Å². The van der Waals surface area contributed by atoms with Gasteiger partial charge in [0.05, 0.1) is 0 Å². The highest BCUT2D eigenvalue weighted by molar-refractivity contribution is 5.87. The van der Waals surface area contributed by atoms with E-state index in [4.69, 9.17) is 0 Å². The van der Waals surface area contributed by atoms with Gasteiger partial charge in [-0.05, 0) is 34.7 Å². The molecule has 0 bridgehead atoms. The first-order valence-corrected chi connectivity index (χ1v) is 5.45. The first kappa shape index (κ1) is 9.26. The maximum Gasteiger partial charge on any atom is -0.0149 e. The van der Waals surface area contributed by atoms with Crippen LogP contribution in [-0.4, -0.2) is 0 Å². The average molecular weight is 184 g/mol. The third-order valence-electron chi connectivity index (χ3n) is 2.78. The van der Waals surface area contributed by atoms with Gasteiger partial charge in [0.1, 0.15) is 0 Å². The first-order valence-electron chi connectivity index (χ1n) is 5.45. The Morgan fingerprint density at radius 3 is 2.36 bits per heavy atom. The van der Waals surface area contributed by atoms with Crippen LogP contribution in [0, 0.1) is 0 Å². The van der Waals surface area contributed by atoms with Crippen LogP contribution in [0.3, 0.4) is 0 Å². The molecule has 0 nitrogen and oxygen atoms in total. The largest absolute Gasteiger partial charge is 0.0683 e. The van der Waals surface area contributed by atoms with E-state index < -0.39 is 0 Å². The van der Waals surface area contributed by atoms with Crippen LogP contribution in [0.1, 0.15) is 25.0 Å². The quantitative estimate of drug-likeness (QED) is 0.581. The maximum absolute atomic E-state index is 2.27. The number of hydrogen-bond donors (Lipinski definition) is 0. The average Bonchev–Trinajstić information content (AvgIpc) is 2.21. The van der Waals surface area contributed by atoms with E-state index in [0.29, 0.717) is 0 Å². The Morgan fingerprint density at radius 1 is 0.857 bits per heavy atom. The van der Waals surface area contributed by atoms with Gasteiger partial charge in [-0.3, -0.25) is 0 Å². The van der Waals surface area contributed by atoms with Crippen molar-refractivity contribution in [1.82, 2.24) is 0 Å². The second kappa shape index (κ2) is 3.83. The van der Waals surface area contributed by atoms with Crippen molar-refractivity contribution in [1.29, 1.82) is 0 Å². The van der Waals surface area contributed by atoms with Gasteiger partial charge in [0.25, 0.3) is 0 Å². The van der Waals surface area contributed by atoms with Crippen molar-refractivity contribution < 1.29 is 0 Å². The summed E-state index contributed by atoms with van der Waals surface area (Å²) >= 11 is 0. The van der Waals surface area contributed by atoms with Crippen molar-refractivity contribution in [2.45, 2.75) is 26.7 Å². The van der Waals surface area contributed by atoms with Crippen LogP contribution >= 0.6 is 0 Å². The van der Waals surface area contributed by atoms with Crippen molar-refractivity contribution in [2.24, 2.45) is 0 Å². The normalized spacial score (nSPS) is 12.4. The van der Waals surface area contributed by atoms with Crippen LogP contribution in [0.4, 0.5) is 0 Å². The predicted molar refractivity (Wildman–Crippen MR) is 62.7 cm³/mol. The minimum absolute atomic E-state index is 1.27. The summed E-state index contributed by atoms with van der Waals surface area (Å²) in [5.74, 6) is 0. The molecule has 0 radical (unpaired) electrons. The molecular weight excluding hydrogens is 168 g/mol. The molecule has 0 heterocycles. The third-order valence-corrected chi connectivity index (χ3v) is 2.78. The minimum atomic E-state index is 1.27. The Hall–Kier alpha value is -1.30. The molecule has 72 valence electrons. The van der Waals surface area contributed by atoms with Crippen molar-refractivity contribution >= 4 is 10.8 Å². The van der Waals surface area contributed by atoms with E-state index in [9.17, 15) is 0 Å². The van der Waals surface area contributed by atoms with E-state index in [1.54, 1.807) is 11.1 Å². The summed E-state index contributed by atoms with van der Waals surface area (Å²) in [7, 11) is 0. The van der Waals surface area contributed by atoms with Crippen LogP contribution in [-0.2, 0) is 12.8 Å². The highest BCUT2D eigenvalue weighted by atomic mass is 14.2. The molecular formula is C14H16. The van der Waals surface area contributed by atoms with Gasteiger partial charge >= 0.3 is 0 Å². The lowest BCUT2D eigenvalue weighted by Crippen LogP contribution is -2.07.